The number of hydrogen-bond acceptors (Lipinski definition) is 5. The predicted octanol–water partition coefficient (Wildman–Crippen LogP) is 5.45. The molecule has 3 aromatic carbocycles. The third-order valence-corrected chi connectivity index (χ3v) is 6.24. The number of piperazine rings is 1. The van der Waals surface area contributed by atoms with Crippen molar-refractivity contribution in [1.82, 2.24) is 4.90 Å². The summed E-state index contributed by atoms with van der Waals surface area (Å²) < 4.78 is 26.2. The van der Waals surface area contributed by atoms with E-state index in [9.17, 15) is 9.18 Å². The number of carbonyl (C=O) groups is 1. The van der Waals surface area contributed by atoms with Crippen LogP contribution in [0.15, 0.2) is 72.8 Å². The Hall–Kier alpha value is -3.64. The minimum atomic E-state index is -0.365. The number of ketones is 1. The summed E-state index contributed by atoms with van der Waals surface area (Å²) in [6, 6.07) is 20.1. The summed E-state index contributed by atoms with van der Waals surface area (Å²) in [5.74, 6) is 0.580. The molecule has 1 aliphatic heterocycles. The first-order valence-corrected chi connectivity index (χ1v) is 11.9. The van der Waals surface area contributed by atoms with Crippen LogP contribution in [0.3, 0.4) is 0 Å². The molecular formula is C29H31FN2O3. The van der Waals surface area contributed by atoms with Crippen molar-refractivity contribution >= 4 is 17.5 Å². The monoisotopic (exact) mass is 474 g/mol. The maximum atomic E-state index is 14.8. The average Bonchev–Trinajstić information content (AvgIpc) is 2.91. The van der Waals surface area contributed by atoms with E-state index < -0.39 is 0 Å². The fourth-order valence-corrected chi connectivity index (χ4v) is 4.13. The summed E-state index contributed by atoms with van der Waals surface area (Å²) >= 11 is 0. The molecule has 5 nitrogen and oxygen atoms in total. The number of rotatable bonds is 9. The minimum absolute atomic E-state index is 0.255. The van der Waals surface area contributed by atoms with Gasteiger partial charge in [-0.25, -0.2) is 4.39 Å². The van der Waals surface area contributed by atoms with Crippen LogP contribution < -0.4 is 14.4 Å². The van der Waals surface area contributed by atoms with Crippen LogP contribution in [-0.4, -0.2) is 50.5 Å². The highest BCUT2D eigenvalue weighted by molar-refractivity contribution is 6.07. The van der Waals surface area contributed by atoms with Crippen LogP contribution in [0.2, 0.25) is 0 Å². The Labute approximate surface area is 206 Å². The van der Waals surface area contributed by atoms with Gasteiger partial charge in [-0.2, -0.15) is 0 Å². The summed E-state index contributed by atoms with van der Waals surface area (Å²) in [5.41, 5.74) is 2.72. The Morgan fingerprint density at radius 2 is 1.74 bits per heavy atom. The first-order chi connectivity index (χ1) is 17.1. The molecule has 0 amide bonds. The van der Waals surface area contributed by atoms with Gasteiger partial charge in [-0.15, -0.1) is 0 Å². The highest BCUT2D eigenvalue weighted by Crippen LogP contribution is 2.29. The molecule has 35 heavy (non-hydrogen) atoms. The Morgan fingerprint density at radius 1 is 0.971 bits per heavy atom. The van der Waals surface area contributed by atoms with Gasteiger partial charge in [0.1, 0.15) is 12.4 Å². The molecule has 1 fully saturated rings. The number of hydrogen-bond donors (Lipinski definition) is 0. The molecule has 3 aromatic rings. The van der Waals surface area contributed by atoms with Crippen molar-refractivity contribution < 1.29 is 18.7 Å². The van der Waals surface area contributed by atoms with Crippen molar-refractivity contribution in [2.24, 2.45) is 0 Å². The second-order valence-corrected chi connectivity index (χ2v) is 8.47. The molecule has 0 saturated carbocycles. The highest BCUT2D eigenvalue weighted by Gasteiger charge is 2.19. The van der Waals surface area contributed by atoms with E-state index in [0.717, 1.165) is 43.9 Å². The average molecular weight is 475 g/mol. The topological polar surface area (TPSA) is 42.0 Å². The van der Waals surface area contributed by atoms with Crippen molar-refractivity contribution in [2.45, 2.75) is 13.5 Å². The molecule has 6 heteroatoms. The second-order valence-electron chi connectivity index (χ2n) is 8.47. The lowest BCUT2D eigenvalue weighted by atomic mass is 10.1. The predicted molar refractivity (Wildman–Crippen MR) is 138 cm³/mol. The van der Waals surface area contributed by atoms with E-state index in [4.69, 9.17) is 9.47 Å². The number of benzene rings is 3. The van der Waals surface area contributed by atoms with Gasteiger partial charge in [-0.1, -0.05) is 49.4 Å². The lowest BCUT2D eigenvalue weighted by Crippen LogP contribution is -2.46. The molecule has 0 spiro atoms. The van der Waals surface area contributed by atoms with Crippen molar-refractivity contribution in [1.29, 1.82) is 0 Å². The Bertz CT molecular complexity index is 1170. The number of halogens is 1. The number of anilines is 1. The van der Waals surface area contributed by atoms with Crippen LogP contribution in [0.1, 0.15) is 28.4 Å². The van der Waals surface area contributed by atoms with E-state index >= 15 is 0 Å². The fraction of sp³-hybridized carbons (Fsp3) is 0.276. The molecule has 182 valence electrons. The van der Waals surface area contributed by atoms with Gasteiger partial charge in [0, 0.05) is 31.7 Å². The lowest BCUT2D eigenvalue weighted by Gasteiger charge is -2.35. The third-order valence-electron chi connectivity index (χ3n) is 6.24. The summed E-state index contributed by atoms with van der Waals surface area (Å²) in [4.78, 5) is 17.1. The van der Waals surface area contributed by atoms with Gasteiger partial charge < -0.3 is 19.3 Å². The van der Waals surface area contributed by atoms with Crippen LogP contribution in [-0.2, 0) is 6.61 Å². The van der Waals surface area contributed by atoms with E-state index in [1.807, 2.05) is 53.4 Å². The molecular weight excluding hydrogens is 443 g/mol. The van der Waals surface area contributed by atoms with Gasteiger partial charge in [-0.3, -0.25) is 4.79 Å². The molecule has 0 unspecified atom stereocenters. The van der Waals surface area contributed by atoms with Crippen molar-refractivity contribution in [2.75, 3.05) is 44.7 Å². The molecule has 1 heterocycles. The first kappa shape index (κ1) is 24.5. The van der Waals surface area contributed by atoms with Crippen LogP contribution in [0.25, 0.3) is 6.08 Å². The lowest BCUT2D eigenvalue weighted by molar-refractivity contribution is 0.104. The zero-order chi connectivity index (χ0) is 24.6. The standard InChI is InChI=1S/C29H31FN2O3/c1-3-31-15-17-32(18-16-31)26-12-11-24(20-25(26)30)27(33)13-9-22-10-14-28(29(19-22)34-2)35-21-23-7-5-4-6-8-23/h4-14,19-20H,3,15-18,21H2,1-2H3/b13-9+. The van der Waals surface area contributed by atoms with E-state index in [1.54, 1.807) is 25.3 Å². The molecule has 1 aliphatic rings. The van der Waals surface area contributed by atoms with E-state index in [-0.39, 0.29) is 11.6 Å². The number of ether oxygens (including phenoxy) is 2. The molecule has 0 radical (unpaired) electrons. The normalized spacial score (nSPS) is 14.3. The van der Waals surface area contributed by atoms with Gasteiger partial charge in [0.2, 0.25) is 0 Å². The second kappa shape index (κ2) is 11.7. The summed E-state index contributed by atoms with van der Waals surface area (Å²) in [5, 5.41) is 0. The molecule has 0 aliphatic carbocycles. The number of methoxy groups -OCH3 is 1. The maximum Gasteiger partial charge on any atom is 0.185 e. The van der Waals surface area contributed by atoms with Gasteiger partial charge in [0.05, 0.1) is 12.8 Å². The van der Waals surface area contributed by atoms with Gasteiger partial charge in [-0.05, 0) is 54.1 Å². The quantitative estimate of drug-likeness (QED) is 0.305. The number of allylic oxidation sites excluding steroid dienone is 1. The van der Waals surface area contributed by atoms with Crippen LogP contribution in [0.5, 0.6) is 11.5 Å². The first-order valence-electron chi connectivity index (χ1n) is 11.9. The summed E-state index contributed by atoms with van der Waals surface area (Å²) in [7, 11) is 1.58. The van der Waals surface area contributed by atoms with Gasteiger partial charge in [0.25, 0.3) is 0 Å². The SMILES string of the molecule is CCN1CCN(c2ccc(C(=O)/C=C/c3ccc(OCc4ccccc4)c(OC)c3)cc2F)CC1. The smallest absolute Gasteiger partial charge is 0.185 e. The maximum absolute atomic E-state index is 14.8. The van der Waals surface area contributed by atoms with Crippen molar-refractivity contribution in [3.63, 3.8) is 0 Å². The van der Waals surface area contributed by atoms with Crippen molar-refractivity contribution in [3.05, 3.63) is 95.3 Å². The van der Waals surface area contributed by atoms with Crippen LogP contribution >= 0.6 is 0 Å². The largest absolute Gasteiger partial charge is 0.493 e. The number of nitrogens with zero attached hydrogens (tertiary/aromatic N) is 2. The van der Waals surface area contributed by atoms with E-state index in [1.165, 1.54) is 12.1 Å². The third kappa shape index (κ3) is 6.28. The molecule has 1 saturated heterocycles. The molecule has 0 atom stereocenters. The fourth-order valence-electron chi connectivity index (χ4n) is 4.13. The van der Waals surface area contributed by atoms with Gasteiger partial charge in [0.15, 0.2) is 17.3 Å². The van der Waals surface area contributed by atoms with Crippen molar-refractivity contribution in [3.8, 4) is 11.5 Å². The zero-order valence-electron chi connectivity index (χ0n) is 20.2. The van der Waals surface area contributed by atoms with Gasteiger partial charge >= 0.3 is 0 Å². The van der Waals surface area contributed by atoms with E-state index in [2.05, 4.69) is 11.8 Å². The Kier molecular flexibility index (Phi) is 8.16. The Morgan fingerprint density at radius 3 is 2.43 bits per heavy atom. The Balaban J connectivity index is 1.40. The van der Waals surface area contributed by atoms with Crippen LogP contribution in [0, 0.1) is 5.82 Å². The zero-order valence-corrected chi connectivity index (χ0v) is 20.2. The molecule has 4 rings (SSSR count). The van der Waals surface area contributed by atoms with Crippen LogP contribution in [0.4, 0.5) is 10.1 Å². The van der Waals surface area contributed by atoms with E-state index in [0.29, 0.717) is 29.4 Å². The number of carbonyl (C=O) groups excluding carboxylic acids is 1. The number of likely N-dealkylation sites (N-methyl/N-ethyl adjacent to an activating group) is 1. The molecule has 0 aromatic heterocycles. The molecule has 0 N–H and O–H groups in total. The highest BCUT2D eigenvalue weighted by atomic mass is 19.1. The summed E-state index contributed by atoms with van der Waals surface area (Å²) in [6.45, 7) is 6.97. The minimum Gasteiger partial charge on any atom is -0.493 e. The molecule has 0 bridgehead atoms. The summed E-state index contributed by atoms with van der Waals surface area (Å²) in [6.07, 6.45) is 3.15.